The molecule has 2 nitrogen and oxygen atoms in total. The lowest BCUT2D eigenvalue weighted by atomic mass is 10.1. The third-order valence-corrected chi connectivity index (χ3v) is 2.26. The monoisotopic (exact) mass is 201 g/mol. The Morgan fingerprint density at radius 1 is 1.07 bits per heavy atom. The van der Waals surface area contributed by atoms with Gasteiger partial charge < -0.3 is 10.1 Å². The predicted octanol–water partition coefficient (Wildman–Crippen LogP) is 2.97. The van der Waals surface area contributed by atoms with Crippen molar-refractivity contribution in [2.75, 3.05) is 13.2 Å². The van der Waals surface area contributed by atoms with E-state index in [4.69, 9.17) is 4.74 Å². The summed E-state index contributed by atoms with van der Waals surface area (Å²) in [6.07, 6.45) is 5.46. The van der Waals surface area contributed by atoms with Crippen LogP contribution in [-0.2, 0) is 4.74 Å². The fourth-order valence-electron chi connectivity index (χ4n) is 1.60. The molecule has 2 heteroatoms. The van der Waals surface area contributed by atoms with Crippen molar-refractivity contribution in [3.63, 3.8) is 0 Å². The highest BCUT2D eigenvalue weighted by atomic mass is 16.5. The molecule has 0 aromatic rings. The van der Waals surface area contributed by atoms with E-state index in [1.54, 1.807) is 0 Å². The maximum atomic E-state index is 5.49. The van der Waals surface area contributed by atoms with E-state index < -0.39 is 0 Å². The van der Waals surface area contributed by atoms with Crippen molar-refractivity contribution >= 4 is 0 Å². The summed E-state index contributed by atoms with van der Waals surface area (Å²) in [5, 5.41) is 3.55. The maximum absolute atomic E-state index is 5.49. The standard InChI is InChI=1S/C12H27NO/c1-5-7-12(8-6-2)13-9-10-14-11(3)4/h11-13H,5-10H2,1-4H3. The Bertz CT molecular complexity index is 109. The summed E-state index contributed by atoms with van der Waals surface area (Å²) < 4.78 is 5.49. The molecule has 0 amide bonds. The first-order chi connectivity index (χ1) is 6.70. The lowest BCUT2D eigenvalue weighted by Gasteiger charge is -2.17. The van der Waals surface area contributed by atoms with Crippen molar-refractivity contribution < 1.29 is 4.74 Å². The van der Waals surface area contributed by atoms with Crippen LogP contribution in [0.4, 0.5) is 0 Å². The van der Waals surface area contributed by atoms with Crippen molar-refractivity contribution in [3.05, 3.63) is 0 Å². The first-order valence-corrected chi connectivity index (χ1v) is 6.05. The minimum absolute atomic E-state index is 0.354. The van der Waals surface area contributed by atoms with Crippen LogP contribution in [0.3, 0.4) is 0 Å². The topological polar surface area (TPSA) is 21.3 Å². The highest BCUT2D eigenvalue weighted by Gasteiger charge is 2.04. The molecule has 86 valence electrons. The highest BCUT2D eigenvalue weighted by molar-refractivity contribution is 4.65. The molecule has 0 bridgehead atoms. The molecular formula is C12H27NO. The van der Waals surface area contributed by atoms with Crippen LogP contribution in [0.5, 0.6) is 0 Å². The zero-order valence-corrected chi connectivity index (χ0v) is 10.3. The van der Waals surface area contributed by atoms with Crippen LogP contribution in [0.1, 0.15) is 53.4 Å². The summed E-state index contributed by atoms with van der Waals surface area (Å²) in [4.78, 5) is 0. The molecule has 1 N–H and O–H groups in total. The van der Waals surface area contributed by atoms with Crippen LogP contribution < -0.4 is 5.32 Å². The summed E-state index contributed by atoms with van der Waals surface area (Å²) in [6.45, 7) is 10.5. The van der Waals surface area contributed by atoms with Crippen molar-refractivity contribution in [3.8, 4) is 0 Å². The number of nitrogens with one attached hydrogen (secondary N) is 1. The van der Waals surface area contributed by atoms with Gasteiger partial charge in [0.25, 0.3) is 0 Å². The highest BCUT2D eigenvalue weighted by Crippen LogP contribution is 2.03. The summed E-state index contributed by atoms with van der Waals surface area (Å²) in [5.41, 5.74) is 0. The van der Waals surface area contributed by atoms with Gasteiger partial charge in [-0.15, -0.1) is 0 Å². The lowest BCUT2D eigenvalue weighted by Crippen LogP contribution is -2.32. The van der Waals surface area contributed by atoms with Gasteiger partial charge in [0.1, 0.15) is 0 Å². The van der Waals surface area contributed by atoms with Gasteiger partial charge in [-0.1, -0.05) is 26.7 Å². The third kappa shape index (κ3) is 8.52. The second-order valence-electron chi connectivity index (χ2n) is 4.15. The van der Waals surface area contributed by atoms with Crippen molar-refractivity contribution in [2.45, 2.75) is 65.5 Å². The van der Waals surface area contributed by atoms with Crippen molar-refractivity contribution in [2.24, 2.45) is 0 Å². The van der Waals surface area contributed by atoms with Gasteiger partial charge in [-0.2, -0.15) is 0 Å². The van der Waals surface area contributed by atoms with Gasteiger partial charge in [0.15, 0.2) is 0 Å². The third-order valence-electron chi connectivity index (χ3n) is 2.26. The van der Waals surface area contributed by atoms with E-state index in [9.17, 15) is 0 Å². The van der Waals surface area contributed by atoms with Gasteiger partial charge in [-0.05, 0) is 26.7 Å². The number of rotatable bonds is 9. The average molecular weight is 201 g/mol. The fourth-order valence-corrected chi connectivity index (χ4v) is 1.60. The van der Waals surface area contributed by atoms with Gasteiger partial charge in [0, 0.05) is 12.6 Å². The smallest absolute Gasteiger partial charge is 0.0594 e. The summed E-state index contributed by atoms with van der Waals surface area (Å²) >= 11 is 0. The number of hydrogen-bond donors (Lipinski definition) is 1. The summed E-state index contributed by atoms with van der Waals surface area (Å²) in [5.74, 6) is 0. The fraction of sp³-hybridized carbons (Fsp3) is 1.00. The molecule has 0 atom stereocenters. The molecule has 14 heavy (non-hydrogen) atoms. The van der Waals surface area contributed by atoms with E-state index in [1.165, 1.54) is 25.7 Å². The van der Waals surface area contributed by atoms with Crippen LogP contribution in [0, 0.1) is 0 Å². The molecule has 0 fully saturated rings. The molecule has 0 aromatic carbocycles. The van der Waals surface area contributed by atoms with Gasteiger partial charge >= 0.3 is 0 Å². The molecule has 0 saturated heterocycles. The molecular weight excluding hydrogens is 174 g/mol. The normalized spacial score (nSPS) is 11.6. The molecule has 0 spiro atoms. The van der Waals surface area contributed by atoms with Gasteiger partial charge in [0.05, 0.1) is 12.7 Å². The van der Waals surface area contributed by atoms with Gasteiger partial charge in [-0.25, -0.2) is 0 Å². The first-order valence-electron chi connectivity index (χ1n) is 6.05. The molecule has 0 aliphatic rings. The average Bonchev–Trinajstić information content (AvgIpc) is 2.12. The summed E-state index contributed by atoms with van der Waals surface area (Å²) in [6, 6.07) is 0.695. The van der Waals surface area contributed by atoms with E-state index in [2.05, 4.69) is 33.0 Å². The lowest BCUT2D eigenvalue weighted by molar-refractivity contribution is 0.0789. The number of hydrogen-bond acceptors (Lipinski definition) is 2. The van der Waals surface area contributed by atoms with Crippen molar-refractivity contribution in [1.29, 1.82) is 0 Å². The van der Waals surface area contributed by atoms with Crippen LogP contribution in [0.15, 0.2) is 0 Å². The summed E-state index contributed by atoms with van der Waals surface area (Å²) in [7, 11) is 0. The Morgan fingerprint density at radius 3 is 2.07 bits per heavy atom. The van der Waals surface area contributed by atoms with Crippen LogP contribution in [0.25, 0.3) is 0 Å². The predicted molar refractivity (Wildman–Crippen MR) is 62.7 cm³/mol. The van der Waals surface area contributed by atoms with Crippen LogP contribution >= 0.6 is 0 Å². The van der Waals surface area contributed by atoms with Gasteiger partial charge in [-0.3, -0.25) is 0 Å². The molecule has 0 radical (unpaired) electrons. The molecule has 0 aliphatic heterocycles. The van der Waals surface area contributed by atoms with Crippen molar-refractivity contribution in [1.82, 2.24) is 5.32 Å². The quantitative estimate of drug-likeness (QED) is 0.579. The van der Waals surface area contributed by atoms with Crippen LogP contribution in [0.2, 0.25) is 0 Å². The Kier molecular flexibility index (Phi) is 9.42. The molecule has 0 rings (SSSR count). The van der Waals surface area contributed by atoms with Gasteiger partial charge in [0.2, 0.25) is 0 Å². The zero-order valence-electron chi connectivity index (χ0n) is 10.3. The Labute approximate surface area is 89.4 Å². The SMILES string of the molecule is CCCC(CCC)NCCOC(C)C. The maximum Gasteiger partial charge on any atom is 0.0594 e. The van der Waals surface area contributed by atoms with E-state index >= 15 is 0 Å². The van der Waals surface area contributed by atoms with E-state index in [0.29, 0.717) is 12.1 Å². The minimum atomic E-state index is 0.354. The molecule has 0 aromatic heterocycles. The minimum Gasteiger partial charge on any atom is -0.377 e. The largest absolute Gasteiger partial charge is 0.377 e. The second kappa shape index (κ2) is 9.47. The molecule has 0 unspecified atom stereocenters. The Balaban J connectivity index is 3.40. The Morgan fingerprint density at radius 2 is 1.64 bits per heavy atom. The van der Waals surface area contributed by atoms with E-state index in [1.807, 2.05) is 0 Å². The van der Waals surface area contributed by atoms with E-state index in [-0.39, 0.29) is 0 Å². The molecule has 0 aliphatic carbocycles. The van der Waals surface area contributed by atoms with Crippen LogP contribution in [-0.4, -0.2) is 25.3 Å². The zero-order chi connectivity index (χ0) is 10.8. The second-order valence-corrected chi connectivity index (χ2v) is 4.15. The van der Waals surface area contributed by atoms with E-state index in [0.717, 1.165) is 13.2 Å². The molecule has 0 heterocycles. The molecule has 0 saturated carbocycles. The Hall–Kier alpha value is -0.0800. The first kappa shape index (κ1) is 13.9. The number of ether oxygens (including phenoxy) is 1.